The molecule has 3 aromatic rings. The number of anilines is 1. The minimum absolute atomic E-state index is 0.158. The molecule has 124 valence electrons. The molecular formula is C17H18N4O2S. The summed E-state index contributed by atoms with van der Waals surface area (Å²) in [5.41, 5.74) is 0.954. The summed E-state index contributed by atoms with van der Waals surface area (Å²) < 4.78 is 7.43. The van der Waals surface area contributed by atoms with E-state index in [1.807, 2.05) is 22.2 Å². The van der Waals surface area contributed by atoms with E-state index in [1.54, 1.807) is 19.4 Å². The quantitative estimate of drug-likeness (QED) is 0.781. The highest BCUT2D eigenvalue weighted by atomic mass is 32.1. The Labute approximate surface area is 143 Å². The van der Waals surface area contributed by atoms with Crippen LogP contribution in [0, 0.1) is 0 Å². The molecule has 3 heterocycles. The fourth-order valence-electron chi connectivity index (χ4n) is 3.30. The third-order valence-corrected chi connectivity index (χ3v) is 5.30. The first-order valence-electron chi connectivity index (χ1n) is 8.04. The molecule has 1 N–H and O–H groups in total. The summed E-state index contributed by atoms with van der Waals surface area (Å²) in [5.74, 6) is 0.840. The van der Waals surface area contributed by atoms with Gasteiger partial charge in [0.1, 0.15) is 5.39 Å². The number of methoxy groups -OCH3 is 1. The Kier molecular flexibility index (Phi) is 3.93. The molecule has 0 saturated heterocycles. The Balaban J connectivity index is 1.80. The van der Waals surface area contributed by atoms with Crippen LogP contribution in [0.5, 0.6) is 5.88 Å². The lowest BCUT2D eigenvalue weighted by Crippen LogP contribution is -2.12. The van der Waals surface area contributed by atoms with Crippen LogP contribution in [0.1, 0.15) is 41.4 Å². The van der Waals surface area contributed by atoms with Crippen LogP contribution in [-0.2, 0) is 0 Å². The smallest absolute Gasteiger partial charge is 0.266 e. The van der Waals surface area contributed by atoms with Gasteiger partial charge in [-0.25, -0.2) is 4.98 Å². The normalized spacial score (nSPS) is 15.0. The van der Waals surface area contributed by atoms with E-state index in [-0.39, 0.29) is 5.91 Å². The molecule has 1 aliphatic rings. The van der Waals surface area contributed by atoms with Crippen molar-refractivity contribution in [2.45, 2.75) is 31.7 Å². The van der Waals surface area contributed by atoms with Gasteiger partial charge in [0.15, 0.2) is 5.82 Å². The van der Waals surface area contributed by atoms with Gasteiger partial charge in [-0.05, 0) is 30.4 Å². The van der Waals surface area contributed by atoms with Crippen LogP contribution in [0.15, 0.2) is 29.8 Å². The second-order valence-corrected chi connectivity index (χ2v) is 6.82. The molecule has 24 heavy (non-hydrogen) atoms. The largest absolute Gasteiger partial charge is 0.480 e. The van der Waals surface area contributed by atoms with Gasteiger partial charge in [0, 0.05) is 6.20 Å². The molecule has 4 rings (SSSR count). The van der Waals surface area contributed by atoms with Gasteiger partial charge in [0.2, 0.25) is 5.88 Å². The number of hydrogen-bond donors (Lipinski definition) is 1. The van der Waals surface area contributed by atoms with Crippen LogP contribution in [0.3, 0.4) is 0 Å². The Hall–Kier alpha value is -2.41. The van der Waals surface area contributed by atoms with Crippen LogP contribution in [0.25, 0.3) is 10.9 Å². The maximum atomic E-state index is 12.4. The Bertz CT molecular complexity index is 866. The highest BCUT2D eigenvalue weighted by molar-refractivity contribution is 7.12. The molecule has 7 heteroatoms. The zero-order valence-electron chi connectivity index (χ0n) is 13.4. The number of nitrogens with zero attached hydrogens (tertiary/aromatic N) is 3. The average Bonchev–Trinajstić information content (AvgIpc) is 3.35. The van der Waals surface area contributed by atoms with E-state index < -0.39 is 0 Å². The number of carbonyl (C=O) groups is 1. The van der Waals surface area contributed by atoms with Crippen molar-refractivity contribution in [2.24, 2.45) is 0 Å². The molecule has 0 aliphatic heterocycles. The van der Waals surface area contributed by atoms with Gasteiger partial charge in [-0.3, -0.25) is 9.48 Å². The Morgan fingerprint density at radius 1 is 1.38 bits per heavy atom. The number of ether oxygens (including phenoxy) is 1. The van der Waals surface area contributed by atoms with E-state index in [9.17, 15) is 4.79 Å². The lowest BCUT2D eigenvalue weighted by Gasteiger charge is -2.10. The monoisotopic (exact) mass is 342 g/mol. The molecule has 0 atom stereocenters. The van der Waals surface area contributed by atoms with Gasteiger partial charge in [0.25, 0.3) is 5.91 Å². The summed E-state index contributed by atoms with van der Waals surface area (Å²) in [5, 5.41) is 10.3. The van der Waals surface area contributed by atoms with Crippen molar-refractivity contribution in [1.82, 2.24) is 14.8 Å². The van der Waals surface area contributed by atoms with Crippen molar-refractivity contribution in [1.29, 1.82) is 0 Å². The predicted molar refractivity (Wildman–Crippen MR) is 93.9 cm³/mol. The lowest BCUT2D eigenvalue weighted by atomic mass is 10.2. The first-order chi connectivity index (χ1) is 11.8. The first-order valence-corrected chi connectivity index (χ1v) is 8.92. The summed E-state index contributed by atoms with van der Waals surface area (Å²) in [7, 11) is 1.58. The first kappa shape index (κ1) is 15.1. The number of aromatic nitrogens is 3. The number of pyridine rings is 1. The molecule has 0 aromatic carbocycles. The number of rotatable bonds is 4. The van der Waals surface area contributed by atoms with Gasteiger partial charge in [-0.15, -0.1) is 11.3 Å². The molecule has 1 aliphatic carbocycles. The predicted octanol–water partition coefficient (Wildman–Crippen LogP) is 3.87. The number of hydrogen-bond acceptors (Lipinski definition) is 5. The molecule has 0 spiro atoms. The van der Waals surface area contributed by atoms with Crippen molar-refractivity contribution < 1.29 is 9.53 Å². The van der Waals surface area contributed by atoms with Crippen LogP contribution in [0.2, 0.25) is 0 Å². The third-order valence-electron chi connectivity index (χ3n) is 4.43. The minimum atomic E-state index is -0.158. The SMILES string of the molecule is COc1nccc2c1c(NC(=O)c1cccs1)nn2C1CCCC1. The molecule has 0 unspecified atom stereocenters. The summed E-state index contributed by atoms with van der Waals surface area (Å²) in [6, 6.07) is 5.96. The maximum Gasteiger partial charge on any atom is 0.266 e. The Morgan fingerprint density at radius 2 is 2.21 bits per heavy atom. The fourth-order valence-corrected chi connectivity index (χ4v) is 3.92. The van der Waals surface area contributed by atoms with Gasteiger partial charge >= 0.3 is 0 Å². The number of amides is 1. The van der Waals surface area contributed by atoms with Crippen LogP contribution < -0.4 is 10.1 Å². The van der Waals surface area contributed by atoms with Crippen molar-refractivity contribution >= 4 is 34.0 Å². The second kappa shape index (κ2) is 6.24. The molecule has 1 amide bonds. The molecule has 1 saturated carbocycles. The average molecular weight is 342 g/mol. The second-order valence-electron chi connectivity index (χ2n) is 5.88. The van der Waals surface area contributed by atoms with Gasteiger partial charge < -0.3 is 10.1 Å². The summed E-state index contributed by atoms with van der Waals surface area (Å²) >= 11 is 1.40. The maximum absolute atomic E-state index is 12.4. The lowest BCUT2D eigenvalue weighted by molar-refractivity contribution is 0.103. The number of carbonyl (C=O) groups excluding carboxylic acids is 1. The van der Waals surface area contributed by atoms with Crippen LogP contribution in [-0.4, -0.2) is 27.8 Å². The standard InChI is InChI=1S/C17H18N4O2S/c1-23-17-14-12(8-9-18-17)21(11-5-2-3-6-11)20-15(14)19-16(22)13-7-4-10-24-13/h4,7-11H,2-3,5-6H2,1H3,(H,19,20,22). The van der Waals surface area contributed by atoms with Crippen molar-refractivity contribution in [3.63, 3.8) is 0 Å². The van der Waals surface area contributed by atoms with Gasteiger partial charge in [-0.2, -0.15) is 5.10 Å². The summed E-state index contributed by atoms with van der Waals surface area (Å²) in [6.07, 6.45) is 6.37. The number of fused-ring (bicyclic) bond motifs is 1. The van der Waals surface area contributed by atoms with E-state index in [4.69, 9.17) is 9.84 Å². The van der Waals surface area contributed by atoms with E-state index in [0.717, 1.165) is 23.7 Å². The zero-order chi connectivity index (χ0) is 16.5. The number of thiophene rings is 1. The highest BCUT2D eigenvalue weighted by Gasteiger charge is 2.24. The molecule has 6 nitrogen and oxygen atoms in total. The van der Waals surface area contributed by atoms with Crippen LogP contribution in [0.4, 0.5) is 5.82 Å². The number of nitrogens with one attached hydrogen (secondary N) is 1. The minimum Gasteiger partial charge on any atom is -0.480 e. The topological polar surface area (TPSA) is 69.0 Å². The molecule has 1 fully saturated rings. The Morgan fingerprint density at radius 3 is 2.92 bits per heavy atom. The zero-order valence-corrected chi connectivity index (χ0v) is 14.2. The molecular weight excluding hydrogens is 324 g/mol. The van der Waals surface area contributed by atoms with Crippen molar-refractivity contribution in [3.8, 4) is 5.88 Å². The molecule has 0 bridgehead atoms. The molecule has 0 radical (unpaired) electrons. The highest BCUT2D eigenvalue weighted by Crippen LogP contribution is 2.37. The fraction of sp³-hybridized carbons (Fsp3) is 0.353. The summed E-state index contributed by atoms with van der Waals surface area (Å²) in [6.45, 7) is 0. The van der Waals surface area contributed by atoms with Gasteiger partial charge in [-0.1, -0.05) is 18.9 Å². The van der Waals surface area contributed by atoms with E-state index in [2.05, 4.69) is 10.3 Å². The van der Waals surface area contributed by atoms with E-state index in [0.29, 0.717) is 22.6 Å². The van der Waals surface area contributed by atoms with Gasteiger partial charge in [0.05, 0.1) is 23.5 Å². The summed E-state index contributed by atoms with van der Waals surface area (Å²) in [4.78, 5) is 17.4. The van der Waals surface area contributed by atoms with E-state index >= 15 is 0 Å². The van der Waals surface area contributed by atoms with Crippen LogP contribution >= 0.6 is 11.3 Å². The molecule has 3 aromatic heterocycles. The van der Waals surface area contributed by atoms with Crippen molar-refractivity contribution in [2.75, 3.05) is 12.4 Å². The van der Waals surface area contributed by atoms with Crippen molar-refractivity contribution in [3.05, 3.63) is 34.7 Å². The third kappa shape index (κ3) is 2.54. The van der Waals surface area contributed by atoms with E-state index in [1.165, 1.54) is 24.2 Å².